The van der Waals surface area contributed by atoms with Gasteiger partial charge < -0.3 is 9.64 Å². The molecule has 6 heteroatoms. The Bertz CT molecular complexity index is 832. The van der Waals surface area contributed by atoms with E-state index in [9.17, 15) is 9.18 Å². The number of methoxy groups -OCH3 is 1. The van der Waals surface area contributed by atoms with E-state index in [-0.39, 0.29) is 17.5 Å². The Morgan fingerprint density at radius 1 is 1.40 bits per heavy atom. The zero-order valence-corrected chi connectivity index (χ0v) is 13.9. The van der Waals surface area contributed by atoms with E-state index in [1.165, 1.54) is 19.2 Å². The van der Waals surface area contributed by atoms with Gasteiger partial charge in [0.25, 0.3) is 0 Å². The van der Waals surface area contributed by atoms with Crippen LogP contribution in [-0.4, -0.2) is 31.0 Å². The topological polar surface area (TPSA) is 66.2 Å². The minimum Gasteiger partial charge on any atom is -0.494 e. The number of piperidine rings is 1. The van der Waals surface area contributed by atoms with Crippen molar-refractivity contribution in [2.45, 2.75) is 12.8 Å². The lowest BCUT2D eigenvalue weighted by Crippen LogP contribution is -2.39. The summed E-state index contributed by atoms with van der Waals surface area (Å²) < 4.78 is 18.8. The highest BCUT2D eigenvalue weighted by molar-refractivity contribution is 5.98. The van der Waals surface area contributed by atoms with Crippen molar-refractivity contribution in [2.24, 2.45) is 5.92 Å². The first kappa shape index (κ1) is 16.9. The Morgan fingerprint density at radius 2 is 2.24 bits per heavy atom. The normalized spacial score (nSPS) is 17.0. The van der Waals surface area contributed by atoms with Crippen LogP contribution >= 0.6 is 0 Å². The van der Waals surface area contributed by atoms with Gasteiger partial charge in [0.1, 0.15) is 17.6 Å². The Labute approximate surface area is 145 Å². The van der Waals surface area contributed by atoms with E-state index in [0.29, 0.717) is 23.6 Å². The van der Waals surface area contributed by atoms with Gasteiger partial charge in [-0.2, -0.15) is 5.26 Å². The van der Waals surface area contributed by atoms with Gasteiger partial charge in [-0.05, 0) is 43.2 Å². The Kier molecular flexibility index (Phi) is 4.94. The smallest absolute Gasteiger partial charge is 0.167 e. The second-order valence-electron chi connectivity index (χ2n) is 5.99. The van der Waals surface area contributed by atoms with Crippen molar-refractivity contribution in [1.29, 1.82) is 5.26 Å². The third-order valence-electron chi connectivity index (χ3n) is 4.40. The van der Waals surface area contributed by atoms with Crippen molar-refractivity contribution in [2.75, 3.05) is 25.1 Å². The molecule has 0 N–H and O–H groups in total. The van der Waals surface area contributed by atoms with Crippen LogP contribution in [0.4, 0.5) is 10.2 Å². The first-order chi connectivity index (χ1) is 12.1. The van der Waals surface area contributed by atoms with Crippen molar-refractivity contribution >= 4 is 11.6 Å². The van der Waals surface area contributed by atoms with Crippen LogP contribution in [0, 0.1) is 23.1 Å². The Hall–Kier alpha value is -2.94. The molecule has 3 rings (SSSR count). The largest absolute Gasteiger partial charge is 0.494 e. The van der Waals surface area contributed by atoms with Gasteiger partial charge in [-0.3, -0.25) is 4.79 Å². The van der Waals surface area contributed by atoms with Gasteiger partial charge in [0.15, 0.2) is 17.3 Å². The zero-order chi connectivity index (χ0) is 17.8. The third-order valence-corrected chi connectivity index (χ3v) is 4.40. The Morgan fingerprint density at radius 3 is 2.96 bits per heavy atom. The molecule has 25 heavy (non-hydrogen) atoms. The number of aromatic nitrogens is 1. The number of carbonyl (C=O) groups excluding carboxylic acids is 1. The third kappa shape index (κ3) is 3.61. The summed E-state index contributed by atoms with van der Waals surface area (Å²) in [5.41, 5.74) is 0.701. The maximum absolute atomic E-state index is 13.9. The Balaban J connectivity index is 1.77. The number of pyridine rings is 1. The van der Waals surface area contributed by atoms with E-state index in [1.54, 1.807) is 18.2 Å². The molecule has 1 atom stereocenters. The first-order valence-corrected chi connectivity index (χ1v) is 8.12. The lowest BCUT2D eigenvalue weighted by Gasteiger charge is -2.33. The van der Waals surface area contributed by atoms with Crippen molar-refractivity contribution in [1.82, 2.24) is 4.98 Å². The molecule has 0 saturated carbocycles. The first-order valence-electron chi connectivity index (χ1n) is 8.12. The number of ketones is 1. The van der Waals surface area contributed by atoms with Gasteiger partial charge >= 0.3 is 0 Å². The minimum atomic E-state index is -0.538. The number of hydrogen-bond acceptors (Lipinski definition) is 5. The van der Waals surface area contributed by atoms with Gasteiger partial charge in [0.2, 0.25) is 0 Å². The molecule has 1 fully saturated rings. The standard InChI is InChI=1S/C19H18FN3O2/c1-25-17-8-7-13(10-16(17)20)19(24)14-4-3-9-23(12-14)18-6-2-5-15(11-21)22-18/h2,5-8,10,14H,3-4,9,12H2,1H3/t14-/m1/s1. The number of ether oxygens (including phenoxy) is 1. The van der Waals surface area contributed by atoms with Crippen LogP contribution in [-0.2, 0) is 0 Å². The molecule has 0 unspecified atom stereocenters. The molecule has 0 spiro atoms. The zero-order valence-electron chi connectivity index (χ0n) is 13.9. The molecule has 0 aliphatic carbocycles. The number of Topliss-reactive ketones (excluding diaryl/α,β-unsaturated/α-hetero) is 1. The molecule has 0 bridgehead atoms. The van der Waals surface area contributed by atoms with E-state index >= 15 is 0 Å². The second kappa shape index (κ2) is 7.31. The maximum atomic E-state index is 13.9. The number of nitriles is 1. The summed E-state index contributed by atoms with van der Waals surface area (Å²) in [6.45, 7) is 1.29. The van der Waals surface area contributed by atoms with Gasteiger partial charge in [0.05, 0.1) is 7.11 Å². The molecule has 1 aliphatic rings. The fourth-order valence-electron chi connectivity index (χ4n) is 3.12. The molecule has 5 nitrogen and oxygen atoms in total. The molecule has 0 amide bonds. The highest BCUT2D eigenvalue weighted by Gasteiger charge is 2.28. The molecule has 1 aliphatic heterocycles. The molecule has 0 radical (unpaired) electrons. The average molecular weight is 339 g/mol. The fraction of sp³-hybridized carbons (Fsp3) is 0.316. The van der Waals surface area contributed by atoms with Crippen LogP contribution < -0.4 is 9.64 Å². The van der Waals surface area contributed by atoms with Crippen molar-refractivity contribution < 1.29 is 13.9 Å². The number of nitrogens with zero attached hydrogens (tertiary/aromatic N) is 3. The molecule has 128 valence electrons. The number of halogens is 1. The number of carbonyl (C=O) groups is 1. The molecular formula is C19H18FN3O2. The van der Waals surface area contributed by atoms with E-state index in [0.717, 1.165) is 19.4 Å². The summed E-state index contributed by atoms with van der Waals surface area (Å²) in [4.78, 5) is 19.0. The molecule has 2 heterocycles. The monoisotopic (exact) mass is 339 g/mol. The minimum absolute atomic E-state index is 0.0808. The van der Waals surface area contributed by atoms with E-state index in [1.807, 2.05) is 17.0 Å². The molecule has 1 saturated heterocycles. The van der Waals surface area contributed by atoms with Crippen molar-refractivity contribution in [3.05, 3.63) is 53.5 Å². The van der Waals surface area contributed by atoms with Crippen LogP contribution in [0.5, 0.6) is 5.75 Å². The second-order valence-corrected chi connectivity index (χ2v) is 5.99. The summed E-state index contributed by atoms with van der Waals surface area (Å²) in [7, 11) is 1.39. The number of rotatable bonds is 4. The summed E-state index contributed by atoms with van der Waals surface area (Å²) in [6.07, 6.45) is 1.59. The number of anilines is 1. The lowest BCUT2D eigenvalue weighted by molar-refractivity contribution is 0.0906. The van der Waals surface area contributed by atoms with Crippen LogP contribution in [0.2, 0.25) is 0 Å². The van der Waals surface area contributed by atoms with Crippen LogP contribution in [0.1, 0.15) is 28.9 Å². The van der Waals surface area contributed by atoms with Crippen molar-refractivity contribution in [3.63, 3.8) is 0 Å². The number of benzene rings is 1. The van der Waals surface area contributed by atoms with Gasteiger partial charge in [-0.1, -0.05) is 6.07 Å². The number of hydrogen-bond donors (Lipinski definition) is 0. The molecule has 2 aromatic rings. The van der Waals surface area contributed by atoms with E-state index < -0.39 is 5.82 Å². The van der Waals surface area contributed by atoms with Crippen LogP contribution in [0.15, 0.2) is 36.4 Å². The fourth-order valence-corrected chi connectivity index (χ4v) is 3.12. The lowest BCUT2D eigenvalue weighted by atomic mass is 9.90. The van der Waals surface area contributed by atoms with Gasteiger partial charge in [-0.25, -0.2) is 9.37 Å². The van der Waals surface area contributed by atoms with Crippen LogP contribution in [0.25, 0.3) is 0 Å². The summed E-state index contributed by atoms with van der Waals surface area (Å²) in [5.74, 6) is -0.0296. The predicted octanol–water partition coefficient (Wildman–Crippen LogP) is 3.20. The molecular weight excluding hydrogens is 321 g/mol. The maximum Gasteiger partial charge on any atom is 0.167 e. The SMILES string of the molecule is COc1ccc(C(=O)[C@@H]2CCCN(c3cccc(C#N)n3)C2)cc1F. The summed E-state index contributed by atoms with van der Waals surface area (Å²) in [5, 5.41) is 8.99. The molecule has 1 aromatic heterocycles. The predicted molar refractivity (Wildman–Crippen MR) is 91.2 cm³/mol. The average Bonchev–Trinajstić information content (AvgIpc) is 2.67. The quantitative estimate of drug-likeness (QED) is 0.800. The van der Waals surface area contributed by atoms with E-state index in [4.69, 9.17) is 10.00 Å². The highest BCUT2D eigenvalue weighted by Crippen LogP contribution is 2.26. The summed E-state index contributed by atoms with van der Waals surface area (Å²) >= 11 is 0. The highest BCUT2D eigenvalue weighted by atomic mass is 19.1. The van der Waals surface area contributed by atoms with Gasteiger partial charge in [0, 0.05) is 24.6 Å². The van der Waals surface area contributed by atoms with E-state index in [2.05, 4.69) is 4.98 Å². The van der Waals surface area contributed by atoms with Crippen molar-refractivity contribution in [3.8, 4) is 11.8 Å². The van der Waals surface area contributed by atoms with Gasteiger partial charge in [-0.15, -0.1) is 0 Å². The van der Waals surface area contributed by atoms with Crippen LogP contribution in [0.3, 0.4) is 0 Å². The summed E-state index contributed by atoms with van der Waals surface area (Å²) in [6, 6.07) is 11.6. The molecule has 1 aromatic carbocycles.